The first-order valence-corrected chi connectivity index (χ1v) is 7.82. The van der Waals surface area contributed by atoms with E-state index in [0.29, 0.717) is 26.3 Å². The van der Waals surface area contributed by atoms with Crippen molar-refractivity contribution in [2.45, 2.75) is 11.2 Å². The van der Waals surface area contributed by atoms with Crippen LogP contribution in [0.3, 0.4) is 0 Å². The van der Waals surface area contributed by atoms with Gasteiger partial charge in [0.2, 0.25) is 11.4 Å². The van der Waals surface area contributed by atoms with E-state index in [1.807, 2.05) is 0 Å². The molecule has 22 heavy (non-hydrogen) atoms. The summed E-state index contributed by atoms with van der Waals surface area (Å²) in [5.74, 6) is 0. The Hall–Kier alpha value is -1.11. The van der Waals surface area contributed by atoms with Gasteiger partial charge in [0.1, 0.15) is 5.69 Å². The Kier molecular flexibility index (Phi) is 6.23. The van der Waals surface area contributed by atoms with Crippen LogP contribution in [0.2, 0.25) is 10.0 Å². The van der Waals surface area contributed by atoms with Gasteiger partial charge < -0.3 is 9.47 Å². The van der Waals surface area contributed by atoms with Crippen molar-refractivity contribution >= 4 is 40.1 Å². The molecule has 0 fully saturated rings. The van der Waals surface area contributed by atoms with E-state index < -0.39 is 6.29 Å². The van der Waals surface area contributed by atoms with Crippen LogP contribution in [0.4, 0.5) is 0 Å². The van der Waals surface area contributed by atoms with Gasteiger partial charge in [-0.15, -0.1) is 0 Å². The molecule has 2 aromatic rings. The first-order valence-electron chi connectivity index (χ1n) is 6.25. The quantitative estimate of drug-likeness (QED) is 0.577. The Morgan fingerprint density at radius 1 is 1.14 bits per heavy atom. The zero-order valence-electron chi connectivity index (χ0n) is 11.9. The highest BCUT2D eigenvalue weighted by Crippen LogP contribution is 2.29. The first kappa shape index (κ1) is 17.2. The van der Waals surface area contributed by atoms with Crippen LogP contribution in [0.25, 0.3) is 0 Å². The number of thioether (sulfide) groups is 1. The summed E-state index contributed by atoms with van der Waals surface area (Å²) in [6.07, 6.45) is -0.609. The maximum atomic E-state index is 12.3. The van der Waals surface area contributed by atoms with Crippen molar-refractivity contribution in [3.8, 4) is 0 Å². The molecule has 0 amide bonds. The first-order chi connectivity index (χ1) is 10.5. The molecular formula is C15H13Cl2NO3S. The van der Waals surface area contributed by atoms with Crippen molar-refractivity contribution in [1.82, 2.24) is 4.98 Å². The Balaban J connectivity index is 2.18. The Labute approximate surface area is 142 Å². The van der Waals surface area contributed by atoms with Gasteiger partial charge in [0, 0.05) is 19.1 Å². The van der Waals surface area contributed by atoms with Crippen LogP contribution in [0, 0.1) is 0 Å². The van der Waals surface area contributed by atoms with Crippen molar-refractivity contribution in [2.75, 3.05) is 14.2 Å². The summed E-state index contributed by atoms with van der Waals surface area (Å²) in [5, 5.41) is 0.646. The number of hydrogen-bond acceptors (Lipinski definition) is 5. The maximum absolute atomic E-state index is 12.3. The molecule has 0 aliphatic heterocycles. The zero-order valence-corrected chi connectivity index (χ0v) is 14.2. The number of carbonyl (C=O) groups is 1. The van der Waals surface area contributed by atoms with Crippen LogP contribution < -0.4 is 0 Å². The minimum atomic E-state index is -0.609. The highest BCUT2D eigenvalue weighted by atomic mass is 35.5. The molecule has 7 heteroatoms. The minimum Gasteiger partial charge on any atom is -0.350 e. The molecule has 0 spiro atoms. The van der Waals surface area contributed by atoms with Gasteiger partial charge in [-0.1, -0.05) is 29.3 Å². The second kappa shape index (κ2) is 7.94. The average molecular weight is 358 g/mol. The van der Waals surface area contributed by atoms with Gasteiger partial charge in [-0.25, -0.2) is 4.98 Å². The van der Waals surface area contributed by atoms with E-state index in [0.717, 1.165) is 11.8 Å². The number of ether oxygens (including phenoxy) is 2. The third kappa shape index (κ3) is 4.21. The second-order valence-electron chi connectivity index (χ2n) is 4.22. The van der Waals surface area contributed by atoms with Crippen LogP contribution in [-0.2, 0) is 9.47 Å². The minimum absolute atomic E-state index is 0.203. The number of pyridine rings is 1. The SMILES string of the molecule is COC(OC)c1cccc(C(=O)Sc2ccc(Cl)c(Cl)c2)n1. The van der Waals surface area contributed by atoms with Gasteiger partial charge in [-0.2, -0.15) is 0 Å². The Morgan fingerprint density at radius 3 is 2.50 bits per heavy atom. The summed E-state index contributed by atoms with van der Waals surface area (Å²) in [4.78, 5) is 17.3. The lowest BCUT2D eigenvalue weighted by atomic mass is 10.3. The summed E-state index contributed by atoms with van der Waals surface area (Å²) in [5.41, 5.74) is 0.846. The molecule has 0 saturated carbocycles. The summed E-state index contributed by atoms with van der Waals surface area (Å²) in [6, 6.07) is 10.1. The lowest BCUT2D eigenvalue weighted by Gasteiger charge is -2.13. The van der Waals surface area contributed by atoms with Gasteiger partial charge in [0.05, 0.1) is 15.7 Å². The van der Waals surface area contributed by atoms with E-state index in [9.17, 15) is 4.79 Å². The number of carbonyl (C=O) groups excluding carboxylic acids is 1. The largest absolute Gasteiger partial charge is 0.350 e. The second-order valence-corrected chi connectivity index (χ2v) is 6.08. The highest BCUT2D eigenvalue weighted by Gasteiger charge is 2.15. The third-order valence-electron chi connectivity index (χ3n) is 2.75. The third-order valence-corrected chi connectivity index (χ3v) is 4.37. The fourth-order valence-corrected chi connectivity index (χ4v) is 2.84. The molecule has 0 unspecified atom stereocenters. The standard InChI is InChI=1S/C15H13Cl2NO3S/c1-20-15(21-2)13-5-3-4-12(18-13)14(19)22-9-6-7-10(16)11(17)8-9/h3-8,15H,1-2H3. The summed E-state index contributed by atoms with van der Waals surface area (Å²) in [6.45, 7) is 0. The van der Waals surface area contributed by atoms with E-state index in [-0.39, 0.29) is 5.12 Å². The Morgan fingerprint density at radius 2 is 1.86 bits per heavy atom. The molecule has 0 aliphatic rings. The fourth-order valence-electron chi connectivity index (χ4n) is 1.73. The zero-order chi connectivity index (χ0) is 16.1. The predicted molar refractivity (Wildman–Crippen MR) is 87.6 cm³/mol. The van der Waals surface area contributed by atoms with E-state index in [4.69, 9.17) is 32.7 Å². The molecule has 0 radical (unpaired) electrons. The maximum Gasteiger partial charge on any atom is 0.242 e. The van der Waals surface area contributed by atoms with Crippen molar-refractivity contribution in [3.63, 3.8) is 0 Å². The van der Waals surface area contributed by atoms with E-state index >= 15 is 0 Å². The van der Waals surface area contributed by atoms with Gasteiger partial charge in [0.15, 0.2) is 0 Å². The highest BCUT2D eigenvalue weighted by molar-refractivity contribution is 8.14. The Bertz CT molecular complexity index is 678. The molecular weight excluding hydrogens is 345 g/mol. The van der Waals surface area contributed by atoms with E-state index in [1.165, 1.54) is 14.2 Å². The number of benzene rings is 1. The number of methoxy groups -OCH3 is 2. The van der Waals surface area contributed by atoms with Crippen molar-refractivity contribution in [3.05, 3.63) is 57.8 Å². The number of aromatic nitrogens is 1. The molecule has 0 saturated heterocycles. The molecule has 1 aromatic carbocycles. The fraction of sp³-hybridized carbons (Fsp3) is 0.200. The van der Waals surface area contributed by atoms with Gasteiger partial charge in [-0.3, -0.25) is 4.79 Å². The molecule has 1 heterocycles. The van der Waals surface area contributed by atoms with Gasteiger partial charge in [0.25, 0.3) is 0 Å². The number of rotatable bonds is 5. The number of nitrogens with zero attached hydrogens (tertiary/aromatic N) is 1. The van der Waals surface area contributed by atoms with E-state index in [2.05, 4.69) is 4.98 Å². The van der Waals surface area contributed by atoms with E-state index in [1.54, 1.807) is 36.4 Å². The topological polar surface area (TPSA) is 48.4 Å². The lowest BCUT2D eigenvalue weighted by molar-refractivity contribution is -0.108. The number of hydrogen-bond donors (Lipinski definition) is 0. The molecule has 116 valence electrons. The molecule has 0 atom stereocenters. The average Bonchev–Trinajstić information content (AvgIpc) is 2.52. The van der Waals surface area contributed by atoms with Gasteiger partial charge >= 0.3 is 0 Å². The summed E-state index contributed by atoms with van der Waals surface area (Å²) >= 11 is 12.8. The molecule has 1 aromatic heterocycles. The van der Waals surface area contributed by atoms with Crippen molar-refractivity contribution < 1.29 is 14.3 Å². The predicted octanol–water partition coefficient (Wildman–Crippen LogP) is 4.61. The summed E-state index contributed by atoms with van der Waals surface area (Å²) in [7, 11) is 3.02. The molecule has 0 N–H and O–H groups in total. The molecule has 2 rings (SSSR count). The molecule has 0 aliphatic carbocycles. The summed E-state index contributed by atoms with van der Waals surface area (Å²) < 4.78 is 10.3. The van der Waals surface area contributed by atoms with Crippen LogP contribution in [-0.4, -0.2) is 24.3 Å². The smallest absolute Gasteiger partial charge is 0.242 e. The number of halogens is 2. The molecule has 0 bridgehead atoms. The van der Waals surface area contributed by atoms with Crippen LogP contribution in [0.1, 0.15) is 22.5 Å². The normalized spacial score (nSPS) is 11.0. The lowest BCUT2D eigenvalue weighted by Crippen LogP contribution is -2.08. The van der Waals surface area contributed by atoms with Crippen molar-refractivity contribution in [2.24, 2.45) is 0 Å². The van der Waals surface area contributed by atoms with Crippen LogP contribution >= 0.6 is 35.0 Å². The van der Waals surface area contributed by atoms with Gasteiger partial charge in [-0.05, 0) is 42.1 Å². The van der Waals surface area contributed by atoms with Crippen LogP contribution in [0.15, 0.2) is 41.3 Å². The molecule has 4 nitrogen and oxygen atoms in total. The monoisotopic (exact) mass is 357 g/mol. The van der Waals surface area contributed by atoms with Crippen LogP contribution in [0.5, 0.6) is 0 Å². The van der Waals surface area contributed by atoms with Crippen molar-refractivity contribution in [1.29, 1.82) is 0 Å².